The molecule has 1 aromatic rings. The lowest BCUT2D eigenvalue weighted by molar-refractivity contribution is 0.225. The minimum absolute atomic E-state index is 0.415. The maximum Gasteiger partial charge on any atom is 0.134 e. The molecule has 2 heterocycles. The van der Waals surface area contributed by atoms with E-state index in [-0.39, 0.29) is 0 Å². The largest absolute Gasteiger partial charge is 0.374 e. The molecule has 1 fully saturated rings. The quantitative estimate of drug-likeness (QED) is 0.900. The normalized spacial score (nSPS) is 20.9. The van der Waals surface area contributed by atoms with Crippen LogP contribution in [0.4, 0.5) is 5.00 Å². The summed E-state index contributed by atoms with van der Waals surface area (Å²) < 4.78 is 4.09. The van der Waals surface area contributed by atoms with Crippen molar-refractivity contribution in [2.75, 3.05) is 25.0 Å². The molecule has 1 aliphatic rings. The Kier molecular flexibility index (Phi) is 4.79. The zero-order valence-electron chi connectivity index (χ0n) is 12.6. The van der Waals surface area contributed by atoms with E-state index in [1.165, 1.54) is 31.0 Å². The summed E-state index contributed by atoms with van der Waals surface area (Å²) in [5, 5.41) is 8.86. The Hall–Kier alpha value is -0.680. The van der Waals surface area contributed by atoms with Crippen molar-refractivity contribution in [1.29, 1.82) is 0 Å². The molecular formula is C14H26N4S. The van der Waals surface area contributed by atoms with E-state index in [0.29, 0.717) is 5.41 Å². The van der Waals surface area contributed by atoms with Gasteiger partial charge in [-0.3, -0.25) is 4.90 Å². The van der Waals surface area contributed by atoms with E-state index in [0.717, 1.165) is 36.1 Å². The number of likely N-dealkylation sites (tertiary alicyclic amines) is 1. The number of nitrogens with one attached hydrogen (secondary N) is 1. The van der Waals surface area contributed by atoms with Gasteiger partial charge in [0, 0.05) is 31.2 Å². The van der Waals surface area contributed by atoms with E-state index in [4.69, 9.17) is 0 Å². The molecule has 5 heteroatoms. The summed E-state index contributed by atoms with van der Waals surface area (Å²) in [6.45, 7) is 13.5. The molecule has 2 rings (SSSR count). The monoisotopic (exact) mass is 282 g/mol. The zero-order valence-corrected chi connectivity index (χ0v) is 13.4. The minimum Gasteiger partial charge on any atom is -0.374 e. The van der Waals surface area contributed by atoms with E-state index in [1.807, 2.05) is 0 Å². The molecule has 0 amide bonds. The number of nitrogens with zero attached hydrogens (tertiary/aromatic N) is 3. The smallest absolute Gasteiger partial charge is 0.134 e. The van der Waals surface area contributed by atoms with Crippen molar-refractivity contribution in [2.24, 2.45) is 11.3 Å². The van der Waals surface area contributed by atoms with Crippen molar-refractivity contribution in [3.63, 3.8) is 0 Å². The first-order valence-electron chi connectivity index (χ1n) is 7.28. The molecule has 1 unspecified atom stereocenters. The Morgan fingerprint density at radius 2 is 2.21 bits per heavy atom. The van der Waals surface area contributed by atoms with Gasteiger partial charge < -0.3 is 5.32 Å². The maximum absolute atomic E-state index is 4.28. The predicted octanol–water partition coefficient (Wildman–Crippen LogP) is 3.23. The summed E-state index contributed by atoms with van der Waals surface area (Å²) in [6, 6.07) is 0. The van der Waals surface area contributed by atoms with Crippen LogP contribution in [0.5, 0.6) is 0 Å². The topological polar surface area (TPSA) is 41.1 Å². The highest BCUT2D eigenvalue weighted by atomic mass is 32.1. The van der Waals surface area contributed by atoms with Crippen LogP contribution in [0.1, 0.15) is 46.2 Å². The Balaban J connectivity index is 1.90. The molecule has 108 valence electrons. The number of aromatic nitrogens is 2. The molecule has 4 nitrogen and oxygen atoms in total. The van der Waals surface area contributed by atoms with E-state index in [1.54, 1.807) is 0 Å². The van der Waals surface area contributed by atoms with Crippen molar-refractivity contribution < 1.29 is 0 Å². The Labute approximate surface area is 120 Å². The molecule has 0 bridgehead atoms. The van der Waals surface area contributed by atoms with Gasteiger partial charge in [0.15, 0.2) is 0 Å². The number of hydrogen-bond acceptors (Lipinski definition) is 5. The van der Waals surface area contributed by atoms with Crippen LogP contribution < -0.4 is 5.32 Å². The summed E-state index contributed by atoms with van der Waals surface area (Å²) in [4.78, 5) is 2.52. The van der Waals surface area contributed by atoms with Crippen LogP contribution in [0.3, 0.4) is 0 Å². The second-order valence-corrected chi connectivity index (χ2v) is 7.32. The molecule has 1 aliphatic heterocycles. The molecule has 0 aliphatic carbocycles. The lowest BCUT2D eigenvalue weighted by Crippen LogP contribution is -2.26. The molecule has 0 aromatic carbocycles. The van der Waals surface area contributed by atoms with Crippen LogP contribution in [-0.2, 0) is 6.54 Å². The van der Waals surface area contributed by atoms with Crippen LogP contribution in [-0.4, -0.2) is 34.1 Å². The fourth-order valence-electron chi connectivity index (χ4n) is 2.58. The van der Waals surface area contributed by atoms with Gasteiger partial charge in [-0.05, 0) is 30.7 Å². The van der Waals surface area contributed by atoms with Gasteiger partial charge in [0.05, 0.1) is 0 Å². The van der Waals surface area contributed by atoms with Gasteiger partial charge >= 0.3 is 0 Å². The molecule has 0 saturated carbocycles. The predicted molar refractivity (Wildman–Crippen MR) is 81.5 cm³/mol. The van der Waals surface area contributed by atoms with Crippen molar-refractivity contribution in [1.82, 2.24) is 14.5 Å². The number of hydrogen-bond donors (Lipinski definition) is 1. The summed E-state index contributed by atoms with van der Waals surface area (Å²) >= 11 is 1.48. The van der Waals surface area contributed by atoms with Gasteiger partial charge in [-0.15, -0.1) is 5.10 Å². The molecule has 0 spiro atoms. The summed E-state index contributed by atoms with van der Waals surface area (Å²) in [5.41, 5.74) is 1.53. The molecular weight excluding hydrogens is 256 g/mol. The summed E-state index contributed by atoms with van der Waals surface area (Å²) in [7, 11) is 0. The second-order valence-electron chi connectivity index (χ2n) is 6.56. The van der Waals surface area contributed by atoms with Gasteiger partial charge in [0.2, 0.25) is 0 Å². The third kappa shape index (κ3) is 3.89. The van der Waals surface area contributed by atoms with Crippen molar-refractivity contribution in [3.05, 3.63) is 5.69 Å². The van der Waals surface area contributed by atoms with Crippen LogP contribution in [0.25, 0.3) is 0 Å². The molecule has 1 N–H and O–H groups in total. The zero-order chi connectivity index (χ0) is 13.9. The fourth-order valence-corrected chi connectivity index (χ4v) is 3.18. The third-order valence-corrected chi connectivity index (χ3v) is 4.69. The minimum atomic E-state index is 0.415. The van der Waals surface area contributed by atoms with Crippen LogP contribution in [0.15, 0.2) is 0 Å². The van der Waals surface area contributed by atoms with Crippen LogP contribution >= 0.6 is 11.5 Å². The maximum atomic E-state index is 4.28. The van der Waals surface area contributed by atoms with Crippen molar-refractivity contribution >= 4 is 16.5 Å². The molecule has 1 atom stereocenters. The van der Waals surface area contributed by atoms with Gasteiger partial charge in [-0.25, -0.2) is 0 Å². The Morgan fingerprint density at radius 3 is 2.84 bits per heavy atom. The van der Waals surface area contributed by atoms with Gasteiger partial charge in [0.1, 0.15) is 10.7 Å². The lowest BCUT2D eigenvalue weighted by Gasteiger charge is -2.27. The first-order valence-corrected chi connectivity index (χ1v) is 8.05. The third-order valence-electron chi connectivity index (χ3n) is 3.96. The Bertz CT molecular complexity index is 396. The standard InChI is InChI=1S/C14H26N4S/c1-5-7-15-13-12(16-17-19-13)10-18-8-6-11(9-18)14(2,3)4/h11,15H,5-10H2,1-4H3. The van der Waals surface area contributed by atoms with Crippen LogP contribution in [0.2, 0.25) is 0 Å². The van der Waals surface area contributed by atoms with E-state index in [9.17, 15) is 0 Å². The molecule has 0 radical (unpaired) electrons. The van der Waals surface area contributed by atoms with Crippen molar-refractivity contribution in [2.45, 2.75) is 47.1 Å². The van der Waals surface area contributed by atoms with Gasteiger partial charge in [-0.1, -0.05) is 32.2 Å². The SMILES string of the molecule is CCCNc1snnc1CN1CCC(C(C)(C)C)C1. The van der Waals surface area contributed by atoms with Crippen LogP contribution in [0, 0.1) is 11.3 Å². The first-order chi connectivity index (χ1) is 9.00. The summed E-state index contributed by atoms with van der Waals surface area (Å²) in [5.74, 6) is 0.797. The molecule has 19 heavy (non-hydrogen) atoms. The molecule has 1 aromatic heterocycles. The number of rotatable bonds is 5. The Morgan fingerprint density at radius 1 is 1.42 bits per heavy atom. The lowest BCUT2D eigenvalue weighted by atomic mass is 9.80. The number of anilines is 1. The highest BCUT2D eigenvalue weighted by Crippen LogP contribution is 2.34. The van der Waals surface area contributed by atoms with Gasteiger partial charge in [-0.2, -0.15) is 0 Å². The van der Waals surface area contributed by atoms with E-state index in [2.05, 4.69) is 47.5 Å². The second kappa shape index (κ2) is 6.18. The van der Waals surface area contributed by atoms with Crippen molar-refractivity contribution in [3.8, 4) is 0 Å². The van der Waals surface area contributed by atoms with E-state index < -0.39 is 0 Å². The summed E-state index contributed by atoms with van der Waals surface area (Å²) in [6.07, 6.45) is 2.44. The van der Waals surface area contributed by atoms with Gasteiger partial charge in [0.25, 0.3) is 0 Å². The van der Waals surface area contributed by atoms with E-state index >= 15 is 0 Å². The average Bonchev–Trinajstić information content (AvgIpc) is 2.95. The fraction of sp³-hybridized carbons (Fsp3) is 0.857. The first kappa shape index (κ1) is 14.7. The molecule has 1 saturated heterocycles. The highest BCUT2D eigenvalue weighted by Gasteiger charge is 2.32. The average molecular weight is 282 g/mol. The highest BCUT2D eigenvalue weighted by molar-refractivity contribution is 7.10.